The van der Waals surface area contributed by atoms with Gasteiger partial charge in [0, 0.05) is 25.7 Å². The summed E-state index contributed by atoms with van der Waals surface area (Å²) in [6.07, 6.45) is 6.99. The molecule has 0 amide bonds. The van der Waals surface area contributed by atoms with Crippen molar-refractivity contribution in [3.05, 3.63) is 25.0 Å². The van der Waals surface area contributed by atoms with E-state index in [9.17, 15) is 0 Å². The van der Waals surface area contributed by atoms with Gasteiger partial charge in [0.1, 0.15) is 18.0 Å². The highest BCUT2D eigenvalue weighted by Crippen LogP contribution is 2.24. The molecular formula is C14H23N5. The van der Waals surface area contributed by atoms with E-state index in [2.05, 4.69) is 26.8 Å². The Hall–Kier alpha value is -1.62. The normalized spacial score (nSPS) is 16.4. The molecule has 1 aromatic heterocycles. The maximum Gasteiger partial charge on any atom is 0.134 e. The van der Waals surface area contributed by atoms with E-state index < -0.39 is 0 Å². The maximum atomic E-state index is 5.62. The van der Waals surface area contributed by atoms with Gasteiger partial charge in [-0.15, -0.1) is 6.58 Å². The van der Waals surface area contributed by atoms with E-state index in [0.717, 1.165) is 50.2 Å². The molecular weight excluding hydrogens is 238 g/mol. The van der Waals surface area contributed by atoms with Crippen molar-refractivity contribution in [2.24, 2.45) is 11.7 Å². The van der Waals surface area contributed by atoms with Crippen LogP contribution in [-0.2, 0) is 0 Å². The number of hydrogen-bond acceptors (Lipinski definition) is 5. The van der Waals surface area contributed by atoms with Crippen LogP contribution in [-0.4, -0.2) is 36.1 Å². The molecule has 0 radical (unpaired) electrons. The Morgan fingerprint density at radius 3 is 2.89 bits per heavy atom. The van der Waals surface area contributed by atoms with Crippen molar-refractivity contribution >= 4 is 11.6 Å². The molecule has 1 aliphatic rings. The average molecular weight is 261 g/mol. The average Bonchev–Trinajstić information content (AvgIpc) is 2.46. The van der Waals surface area contributed by atoms with Gasteiger partial charge in [-0.2, -0.15) is 0 Å². The predicted molar refractivity (Wildman–Crippen MR) is 79.3 cm³/mol. The number of rotatable bonds is 6. The summed E-state index contributed by atoms with van der Waals surface area (Å²) in [4.78, 5) is 10.9. The Labute approximate surface area is 114 Å². The molecule has 5 heteroatoms. The Morgan fingerprint density at radius 1 is 1.42 bits per heavy atom. The molecule has 1 saturated heterocycles. The fraction of sp³-hybridized carbons (Fsp3) is 0.571. The van der Waals surface area contributed by atoms with E-state index in [0.29, 0.717) is 0 Å². The highest BCUT2D eigenvalue weighted by atomic mass is 15.2. The number of piperidine rings is 1. The van der Waals surface area contributed by atoms with Crippen molar-refractivity contribution in [3.63, 3.8) is 0 Å². The van der Waals surface area contributed by atoms with Gasteiger partial charge in [0.05, 0.1) is 0 Å². The van der Waals surface area contributed by atoms with Gasteiger partial charge in [0.25, 0.3) is 0 Å². The number of hydrogen-bond donors (Lipinski definition) is 2. The third-order valence-electron chi connectivity index (χ3n) is 3.59. The second kappa shape index (κ2) is 7.09. The van der Waals surface area contributed by atoms with Crippen LogP contribution in [0.25, 0.3) is 0 Å². The van der Waals surface area contributed by atoms with Gasteiger partial charge in [-0.1, -0.05) is 6.08 Å². The second-order valence-electron chi connectivity index (χ2n) is 4.94. The monoisotopic (exact) mass is 261 g/mol. The molecule has 0 saturated carbocycles. The number of aromatic nitrogens is 2. The Kier molecular flexibility index (Phi) is 5.15. The summed E-state index contributed by atoms with van der Waals surface area (Å²) in [5.74, 6) is 2.64. The zero-order valence-electron chi connectivity index (χ0n) is 11.4. The van der Waals surface area contributed by atoms with Crippen molar-refractivity contribution in [1.29, 1.82) is 0 Å². The molecule has 1 fully saturated rings. The molecule has 2 heterocycles. The zero-order chi connectivity index (χ0) is 13.5. The summed E-state index contributed by atoms with van der Waals surface area (Å²) in [6, 6.07) is 2.01. The molecule has 1 aliphatic heterocycles. The molecule has 0 bridgehead atoms. The quantitative estimate of drug-likeness (QED) is 0.762. The molecule has 19 heavy (non-hydrogen) atoms. The Bertz CT molecular complexity index is 399. The lowest BCUT2D eigenvalue weighted by Crippen LogP contribution is -2.34. The highest BCUT2D eigenvalue weighted by molar-refractivity contribution is 5.48. The van der Waals surface area contributed by atoms with Gasteiger partial charge < -0.3 is 16.0 Å². The summed E-state index contributed by atoms with van der Waals surface area (Å²) < 4.78 is 0. The van der Waals surface area contributed by atoms with E-state index in [-0.39, 0.29) is 0 Å². The fourth-order valence-electron chi connectivity index (χ4n) is 2.48. The molecule has 0 spiro atoms. The van der Waals surface area contributed by atoms with Crippen molar-refractivity contribution < 1.29 is 0 Å². The summed E-state index contributed by atoms with van der Waals surface area (Å²) >= 11 is 0. The number of nitrogens with two attached hydrogens (primary N) is 1. The number of nitrogens with zero attached hydrogens (tertiary/aromatic N) is 3. The van der Waals surface area contributed by atoms with Gasteiger partial charge in [0.15, 0.2) is 0 Å². The smallest absolute Gasteiger partial charge is 0.134 e. The Morgan fingerprint density at radius 2 is 2.21 bits per heavy atom. The van der Waals surface area contributed by atoms with Crippen LogP contribution in [0, 0.1) is 5.92 Å². The molecule has 0 unspecified atom stereocenters. The van der Waals surface area contributed by atoms with Crippen LogP contribution in [0.2, 0.25) is 0 Å². The van der Waals surface area contributed by atoms with Crippen molar-refractivity contribution in [2.45, 2.75) is 19.3 Å². The SMILES string of the molecule is C=CCNc1cc(N2CCC(CCN)CC2)ncn1. The van der Waals surface area contributed by atoms with Gasteiger partial charge >= 0.3 is 0 Å². The highest BCUT2D eigenvalue weighted by Gasteiger charge is 2.19. The zero-order valence-corrected chi connectivity index (χ0v) is 11.4. The lowest BCUT2D eigenvalue weighted by atomic mass is 9.94. The van der Waals surface area contributed by atoms with Crippen LogP contribution >= 0.6 is 0 Å². The minimum Gasteiger partial charge on any atom is -0.366 e. The molecule has 2 rings (SSSR count). The van der Waals surface area contributed by atoms with Crippen LogP contribution in [0.5, 0.6) is 0 Å². The maximum absolute atomic E-state index is 5.62. The molecule has 104 valence electrons. The van der Waals surface area contributed by atoms with E-state index in [1.807, 2.05) is 12.1 Å². The number of nitrogens with one attached hydrogen (secondary N) is 1. The first-order chi connectivity index (χ1) is 9.33. The summed E-state index contributed by atoms with van der Waals surface area (Å²) in [6.45, 7) is 7.32. The molecule has 5 nitrogen and oxygen atoms in total. The first-order valence-electron chi connectivity index (χ1n) is 6.95. The topological polar surface area (TPSA) is 67.1 Å². The van der Waals surface area contributed by atoms with E-state index in [1.54, 1.807) is 6.33 Å². The third kappa shape index (κ3) is 3.92. The van der Waals surface area contributed by atoms with Crippen LogP contribution in [0.4, 0.5) is 11.6 Å². The predicted octanol–water partition coefficient (Wildman–Crippen LogP) is 1.64. The van der Waals surface area contributed by atoms with Crippen molar-refractivity contribution in [1.82, 2.24) is 9.97 Å². The molecule has 0 aliphatic carbocycles. The van der Waals surface area contributed by atoms with Crippen LogP contribution in [0.1, 0.15) is 19.3 Å². The minimum atomic E-state index is 0.717. The Balaban J connectivity index is 1.93. The summed E-state index contributed by atoms with van der Waals surface area (Å²) in [5.41, 5.74) is 5.62. The molecule has 3 N–H and O–H groups in total. The summed E-state index contributed by atoms with van der Waals surface area (Å²) in [5, 5.41) is 3.19. The molecule has 1 aromatic rings. The van der Waals surface area contributed by atoms with Gasteiger partial charge in [0.2, 0.25) is 0 Å². The standard InChI is InChI=1S/C14H23N5/c1-2-7-16-13-10-14(18-11-17-13)19-8-4-12(3-6-15)5-9-19/h2,10-12H,1,3-9,15H2,(H,16,17,18). The van der Waals surface area contributed by atoms with E-state index in [1.165, 1.54) is 12.8 Å². The van der Waals surface area contributed by atoms with Crippen LogP contribution < -0.4 is 16.0 Å². The summed E-state index contributed by atoms with van der Waals surface area (Å²) in [7, 11) is 0. The first kappa shape index (κ1) is 13.8. The van der Waals surface area contributed by atoms with Crippen molar-refractivity contribution in [3.8, 4) is 0 Å². The number of anilines is 2. The van der Waals surface area contributed by atoms with E-state index >= 15 is 0 Å². The van der Waals surface area contributed by atoms with Crippen LogP contribution in [0.3, 0.4) is 0 Å². The van der Waals surface area contributed by atoms with Gasteiger partial charge in [-0.3, -0.25) is 0 Å². The second-order valence-corrected chi connectivity index (χ2v) is 4.94. The minimum absolute atomic E-state index is 0.717. The first-order valence-corrected chi connectivity index (χ1v) is 6.95. The van der Waals surface area contributed by atoms with Crippen molar-refractivity contribution in [2.75, 3.05) is 36.4 Å². The lowest BCUT2D eigenvalue weighted by Gasteiger charge is -2.32. The lowest BCUT2D eigenvalue weighted by molar-refractivity contribution is 0.385. The van der Waals surface area contributed by atoms with Gasteiger partial charge in [-0.25, -0.2) is 9.97 Å². The fourth-order valence-corrected chi connectivity index (χ4v) is 2.48. The van der Waals surface area contributed by atoms with Crippen LogP contribution in [0.15, 0.2) is 25.0 Å². The largest absolute Gasteiger partial charge is 0.366 e. The molecule has 0 atom stereocenters. The van der Waals surface area contributed by atoms with E-state index in [4.69, 9.17) is 5.73 Å². The van der Waals surface area contributed by atoms with Gasteiger partial charge in [-0.05, 0) is 31.7 Å². The third-order valence-corrected chi connectivity index (χ3v) is 3.59. The molecule has 0 aromatic carbocycles.